The van der Waals surface area contributed by atoms with Gasteiger partial charge < -0.3 is 5.11 Å². The van der Waals surface area contributed by atoms with Gasteiger partial charge >= 0.3 is 5.97 Å². The third-order valence-electron chi connectivity index (χ3n) is 4.12. The number of carbonyl (C=O) groups is 1. The fourth-order valence-corrected chi connectivity index (χ4v) is 3.07. The van der Waals surface area contributed by atoms with Crippen LogP contribution in [0.4, 0.5) is 0 Å². The van der Waals surface area contributed by atoms with Gasteiger partial charge in [0.2, 0.25) is 0 Å². The molecule has 5 nitrogen and oxygen atoms in total. The van der Waals surface area contributed by atoms with Crippen LogP contribution in [-0.2, 0) is 6.54 Å². The second-order valence-corrected chi connectivity index (χ2v) is 5.46. The van der Waals surface area contributed by atoms with Gasteiger partial charge in [-0.3, -0.25) is 10.00 Å². The summed E-state index contributed by atoms with van der Waals surface area (Å²) in [5.41, 5.74) is 2.38. The van der Waals surface area contributed by atoms with Gasteiger partial charge in [0.05, 0.1) is 17.3 Å². The van der Waals surface area contributed by atoms with E-state index in [2.05, 4.69) is 15.1 Å². The number of nitrogens with zero attached hydrogens (tertiary/aromatic N) is 2. The van der Waals surface area contributed by atoms with Gasteiger partial charge in [0.15, 0.2) is 0 Å². The predicted molar refractivity (Wildman–Crippen MR) is 79.0 cm³/mol. The van der Waals surface area contributed by atoms with E-state index in [4.69, 9.17) is 0 Å². The number of likely N-dealkylation sites (tertiary alicyclic amines) is 1. The van der Waals surface area contributed by atoms with Gasteiger partial charge in [-0.2, -0.15) is 5.10 Å². The topological polar surface area (TPSA) is 69.2 Å². The van der Waals surface area contributed by atoms with E-state index in [0.29, 0.717) is 18.2 Å². The molecule has 5 heteroatoms. The molecule has 0 radical (unpaired) electrons. The Bertz CT molecular complexity index is 610. The van der Waals surface area contributed by atoms with Crippen LogP contribution in [0.15, 0.2) is 36.5 Å². The minimum atomic E-state index is -0.860. The lowest BCUT2D eigenvalue weighted by atomic mass is 9.97. The van der Waals surface area contributed by atoms with Gasteiger partial charge in [-0.25, -0.2) is 4.79 Å². The number of carboxylic acid groups (broad SMARTS) is 1. The summed E-state index contributed by atoms with van der Waals surface area (Å²) in [5.74, 6) is -0.860. The molecule has 2 heterocycles. The highest BCUT2D eigenvalue weighted by Crippen LogP contribution is 2.31. The molecule has 3 rings (SSSR count). The fourth-order valence-electron chi connectivity index (χ4n) is 3.07. The standard InChI is InChI=1S/C16H19N3O2/c20-16(21)13-6-2-1-5-12(13)11-19-10-4-3-7-15(19)14-8-9-17-18-14/h1-2,5-6,8-9,15H,3-4,7,10-11H2,(H,17,18)(H,20,21)/t15-/m0/s1. The van der Waals surface area contributed by atoms with E-state index in [1.54, 1.807) is 18.3 Å². The smallest absolute Gasteiger partial charge is 0.336 e. The van der Waals surface area contributed by atoms with E-state index in [1.165, 1.54) is 6.42 Å². The maximum Gasteiger partial charge on any atom is 0.336 e. The normalized spacial score (nSPS) is 19.5. The highest BCUT2D eigenvalue weighted by molar-refractivity contribution is 5.89. The summed E-state index contributed by atoms with van der Waals surface area (Å²) < 4.78 is 0. The molecular formula is C16H19N3O2. The summed E-state index contributed by atoms with van der Waals surface area (Å²) in [4.78, 5) is 13.7. The molecule has 1 aliphatic rings. The molecule has 1 fully saturated rings. The van der Waals surface area contributed by atoms with Crippen molar-refractivity contribution in [3.63, 3.8) is 0 Å². The Morgan fingerprint density at radius 3 is 2.95 bits per heavy atom. The molecule has 1 aromatic heterocycles. The summed E-state index contributed by atoms with van der Waals surface area (Å²) in [5, 5.41) is 16.4. The van der Waals surface area contributed by atoms with Gasteiger partial charge in [-0.05, 0) is 37.1 Å². The zero-order valence-corrected chi connectivity index (χ0v) is 11.8. The van der Waals surface area contributed by atoms with Crippen molar-refractivity contribution in [3.8, 4) is 0 Å². The Kier molecular flexibility index (Phi) is 4.01. The Labute approximate surface area is 123 Å². The summed E-state index contributed by atoms with van der Waals surface area (Å²) in [6, 6.07) is 9.55. The number of hydrogen-bond acceptors (Lipinski definition) is 3. The first-order valence-corrected chi connectivity index (χ1v) is 7.30. The van der Waals surface area contributed by atoms with Crippen LogP contribution in [0.2, 0.25) is 0 Å². The number of aromatic nitrogens is 2. The van der Waals surface area contributed by atoms with Crippen molar-refractivity contribution in [3.05, 3.63) is 53.3 Å². The van der Waals surface area contributed by atoms with Gasteiger partial charge in [0.25, 0.3) is 0 Å². The van der Waals surface area contributed by atoms with Crippen LogP contribution in [0.25, 0.3) is 0 Å². The number of nitrogens with one attached hydrogen (secondary N) is 1. The first-order chi connectivity index (χ1) is 10.3. The fraction of sp³-hybridized carbons (Fsp3) is 0.375. The van der Waals surface area contributed by atoms with Crippen molar-refractivity contribution in [2.45, 2.75) is 31.8 Å². The Morgan fingerprint density at radius 2 is 2.19 bits per heavy atom. The molecule has 0 saturated carbocycles. The summed E-state index contributed by atoms with van der Waals surface area (Å²) in [6.07, 6.45) is 5.20. The minimum absolute atomic E-state index is 0.295. The number of H-pyrrole nitrogens is 1. The number of piperidine rings is 1. The van der Waals surface area contributed by atoms with Crippen LogP contribution in [-0.4, -0.2) is 32.7 Å². The summed E-state index contributed by atoms with van der Waals surface area (Å²) in [6.45, 7) is 1.64. The Morgan fingerprint density at radius 1 is 1.33 bits per heavy atom. The number of benzene rings is 1. The van der Waals surface area contributed by atoms with Crippen LogP contribution < -0.4 is 0 Å². The molecule has 0 amide bonds. The zero-order valence-electron chi connectivity index (χ0n) is 11.8. The maximum atomic E-state index is 11.3. The number of hydrogen-bond donors (Lipinski definition) is 2. The van der Waals surface area contributed by atoms with E-state index < -0.39 is 5.97 Å². The molecule has 1 aliphatic heterocycles. The first kappa shape index (κ1) is 13.8. The first-order valence-electron chi connectivity index (χ1n) is 7.30. The molecule has 110 valence electrons. The van der Waals surface area contributed by atoms with Crippen molar-refractivity contribution in [2.24, 2.45) is 0 Å². The van der Waals surface area contributed by atoms with Crippen LogP contribution in [0.1, 0.15) is 46.9 Å². The van der Waals surface area contributed by atoms with Crippen molar-refractivity contribution in [2.75, 3.05) is 6.54 Å². The predicted octanol–water partition coefficient (Wildman–Crippen LogP) is 2.84. The van der Waals surface area contributed by atoms with E-state index >= 15 is 0 Å². The van der Waals surface area contributed by atoms with E-state index in [1.807, 2.05) is 18.2 Å². The molecule has 1 saturated heterocycles. The third-order valence-corrected chi connectivity index (χ3v) is 4.12. The van der Waals surface area contributed by atoms with E-state index in [-0.39, 0.29) is 0 Å². The second-order valence-electron chi connectivity index (χ2n) is 5.46. The van der Waals surface area contributed by atoms with Crippen molar-refractivity contribution < 1.29 is 9.90 Å². The highest BCUT2D eigenvalue weighted by atomic mass is 16.4. The van der Waals surface area contributed by atoms with Crippen LogP contribution in [0, 0.1) is 0 Å². The van der Waals surface area contributed by atoms with Crippen molar-refractivity contribution in [1.82, 2.24) is 15.1 Å². The number of aromatic carboxylic acids is 1. The largest absolute Gasteiger partial charge is 0.478 e. The van der Waals surface area contributed by atoms with Gasteiger partial charge in [-0.1, -0.05) is 24.6 Å². The van der Waals surface area contributed by atoms with Crippen molar-refractivity contribution >= 4 is 5.97 Å². The summed E-state index contributed by atoms with van der Waals surface area (Å²) in [7, 11) is 0. The molecule has 0 bridgehead atoms. The average molecular weight is 285 g/mol. The molecule has 2 aromatic rings. The van der Waals surface area contributed by atoms with Crippen molar-refractivity contribution in [1.29, 1.82) is 0 Å². The van der Waals surface area contributed by atoms with Gasteiger partial charge in [0.1, 0.15) is 0 Å². The average Bonchev–Trinajstić information content (AvgIpc) is 3.02. The zero-order chi connectivity index (χ0) is 14.7. The Balaban J connectivity index is 1.84. The number of rotatable bonds is 4. The quantitative estimate of drug-likeness (QED) is 0.906. The Hall–Kier alpha value is -2.14. The lowest BCUT2D eigenvalue weighted by Gasteiger charge is -2.35. The molecule has 0 unspecified atom stereocenters. The van der Waals surface area contributed by atoms with Gasteiger partial charge in [-0.15, -0.1) is 0 Å². The maximum absolute atomic E-state index is 11.3. The third kappa shape index (κ3) is 2.97. The molecule has 1 atom stereocenters. The lowest BCUT2D eigenvalue weighted by molar-refractivity contribution is 0.0692. The summed E-state index contributed by atoms with van der Waals surface area (Å²) >= 11 is 0. The van der Waals surface area contributed by atoms with Crippen LogP contribution >= 0.6 is 0 Å². The number of carboxylic acids is 1. The van der Waals surface area contributed by atoms with Gasteiger partial charge in [0, 0.05) is 12.7 Å². The molecule has 1 aromatic carbocycles. The molecule has 21 heavy (non-hydrogen) atoms. The molecular weight excluding hydrogens is 266 g/mol. The second kappa shape index (κ2) is 6.10. The lowest BCUT2D eigenvalue weighted by Crippen LogP contribution is -2.33. The molecule has 0 spiro atoms. The van der Waals surface area contributed by atoms with Crippen LogP contribution in [0.5, 0.6) is 0 Å². The minimum Gasteiger partial charge on any atom is -0.478 e. The van der Waals surface area contributed by atoms with Crippen LogP contribution in [0.3, 0.4) is 0 Å². The van der Waals surface area contributed by atoms with E-state index in [9.17, 15) is 9.90 Å². The monoisotopic (exact) mass is 285 g/mol. The van der Waals surface area contributed by atoms with E-state index in [0.717, 1.165) is 30.6 Å². The number of aromatic amines is 1. The molecule has 0 aliphatic carbocycles. The SMILES string of the molecule is O=C(O)c1ccccc1CN1CCCC[C@H]1c1ccn[nH]1. The molecule has 2 N–H and O–H groups in total. The highest BCUT2D eigenvalue weighted by Gasteiger charge is 2.26.